The molecule has 1 aliphatic rings. The van der Waals surface area contributed by atoms with Gasteiger partial charge in [-0.15, -0.1) is 5.10 Å². The minimum absolute atomic E-state index is 0.141. The summed E-state index contributed by atoms with van der Waals surface area (Å²) in [6.45, 7) is 2.49. The summed E-state index contributed by atoms with van der Waals surface area (Å²) in [7, 11) is 0. The number of nitrogens with one attached hydrogen (secondary N) is 2. The van der Waals surface area contributed by atoms with Gasteiger partial charge in [-0.2, -0.15) is 0 Å². The maximum atomic E-state index is 12.8. The number of aromatic nitrogens is 4. The van der Waals surface area contributed by atoms with Crippen LogP contribution in [0.15, 0.2) is 53.7 Å². The van der Waals surface area contributed by atoms with Crippen molar-refractivity contribution in [2.24, 2.45) is 0 Å². The normalized spacial score (nSPS) is 12.9. The van der Waals surface area contributed by atoms with E-state index in [-0.39, 0.29) is 17.6 Å². The first-order valence-corrected chi connectivity index (χ1v) is 11.0. The average molecular weight is 439 g/mol. The summed E-state index contributed by atoms with van der Waals surface area (Å²) in [6, 6.07) is 14.3. The van der Waals surface area contributed by atoms with Gasteiger partial charge in [0.1, 0.15) is 5.75 Å². The molecule has 0 unspecified atom stereocenters. The second-order valence-corrected chi connectivity index (χ2v) is 7.87. The number of rotatable bonds is 9. The van der Waals surface area contributed by atoms with Crippen LogP contribution in [0.1, 0.15) is 36.2 Å². The number of hydrogen-bond acceptors (Lipinski definition) is 7. The molecule has 1 heterocycles. The van der Waals surface area contributed by atoms with Gasteiger partial charge in [0, 0.05) is 5.69 Å². The van der Waals surface area contributed by atoms with Crippen molar-refractivity contribution in [1.82, 2.24) is 20.2 Å². The molecule has 10 heteroatoms. The van der Waals surface area contributed by atoms with Crippen LogP contribution in [-0.4, -0.2) is 44.4 Å². The Balaban J connectivity index is 1.37. The van der Waals surface area contributed by atoms with Gasteiger partial charge in [-0.1, -0.05) is 23.9 Å². The molecule has 9 nitrogen and oxygen atoms in total. The van der Waals surface area contributed by atoms with Crippen molar-refractivity contribution >= 4 is 35.0 Å². The zero-order chi connectivity index (χ0) is 21.6. The fraction of sp³-hybridized carbons (Fsp3) is 0.286. The van der Waals surface area contributed by atoms with Crippen molar-refractivity contribution in [2.75, 3.05) is 23.0 Å². The van der Waals surface area contributed by atoms with Gasteiger partial charge >= 0.3 is 0 Å². The molecular weight excluding hydrogens is 416 g/mol. The second-order valence-electron chi connectivity index (χ2n) is 6.93. The number of nitrogens with zero attached hydrogens (tertiary/aromatic N) is 4. The highest BCUT2D eigenvalue weighted by molar-refractivity contribution is 7.99. The fourth-order valence-corrected chi connectivity index (χ4v) is 3.68. The lowest BCUT2D eigenvalue weighted by Gasteiger charge is -2.12. The Morgan fingerprint density at radius 3 is 2.65 bits per heavy atom. The zero-order valence-electron chi connectivity index (χ0n) is 16.9. The van der Waals surface area contributed by atoms with Crippen LogP contribution < -0.4 is 15.4 Å². The van der Waals surface area contributed by atoms with Crippen molar-refractivity contribution < 1.29 is 14.3 Å². The molecule has 0 bridgehead atoms. The van der Waals surface area contributed by atoms with Gasteiger partial charge in [0.15, 0.2) is 0 Å². The van der Waals surface area contributed by atoms with Crippen molar-refractivity contribution in [3.05, 3.63) is 54.1 Å². The van der Waals surface area contributed by atoms with E-state index < -0.39 is 0 Å². The monoisotopic (exact) mass is 438 g/mol. The Morgan fingerprint density at radius 1 is 1.13 bits per heavy atom. The van der Waals surface area contributed by atoms with Crippen LogP contribution in [0.3, 0.4) is 0 Å². The highest BCUT2D eigenvalue weighted by atomic mass is 32.2. The summed E-state index contributed by atoms with van der Waals surface area (Å²) >= 11 is 1.27. The molecule has 160 valence electrons. The van der Waals surface area contributed by atoms with E-state index in [1.807, 2.05) is 6.92 Å². The van der Waals surface area contributed by atoms with Crippen LogP contribution in [0, 0.1) is 0 Å². The van der Waals surface area contributed by atoms with E-state index in [1.54, 1.807) is 53.2 Å². The predicted molar refractivity (Wildman–Crippen MR) is 117 cm³/mol. The third-order valence-electron chi connectivity index (χ3n) is 4.56. The number of ether oxygens (including phenoxy) is 1. The van der Waals surface area contributed by atoms with E-state index in [1.165, 1.54) is 11.8 Å². The first-order chi connectivity index (χ1) is 15.1. The number of para-hydroxylation sites is 1. The van der Waals surface area contributed by atoms with E-state index in [2.05, 4.69) is 26.2 Å². The van der Waals surface area contributed by atoms with Crippen LogP contribution in [0.5, 0.6) is 5.75 Å². The minimum atomic E-state index is -0.314. The van der Waals surface area contributed by atoms with Gasteiger partial charge in [-0.25, -0.2) is 4.68 Å². The molecule has 1 fully saturated rings. The maximum absolute atomic E-state index is 12.8. The number of hydrogen-bond donors (Lipinski definition) is 2. The Labute approximate surface area is 183 Å². The molecule has 1 saturated carbocycles. The highest BCUT2D eigenvalue weighted by Crippen LogP contribution is 2.36. The van der Waals surface area contributed by atoms with E-state index in [0.717, 1.165) is 18.6 Å². The van der Waals surface area contributed by atoms with Crippen molar-refractivity contribution in [3.8, 4) is 5.75 Å². The number of thioether (sulfide) groups is 1. The van der Waals surface area contributed by atoms with E-state index in [0.29, 0.717) is 34.7 Å². The molecule has 3 aromatic rings. The fourth-order valence-electron chi connectivity index (χ4n) is 2.93. The number of amides is 2. The molecule has 1 aromatic heterocycles. The lowest BCUT2D eigenvalue weighted by atomic mass is 10.1. The van der Waals surface area contributed by atoms with Gasteiger partial charge in [0.25, 0.3) is 5.91 Å². The largest absolute Gasteiger partial charge is 0.494 e. The van der Waals surface area contributed by atoms with Crippen molar-refractivity contribution in [2.45, 2.75) is 31.0 Å². The molecule has 4 rings (SSSR count). The number of tetrazole rings is 1. The third kappa shape index (κ3) is 5.40. The maximum Gasteiger partial charge on any atom is 0.257 e. The Morgan fingerprint density at radius 2 is 1.90 bits per heavy atom. The standard InChI is InChI=1S/C21H22N6O3S/c1-2-30-16-11-7-14(8-12-16)22-20(29)17-5-3-4-6-18(17)23-19(28)13-31-21-24-25-26-27(21)15-9-10-15/h3-8,11-12,15H,2,9-10,13H2,1H3,(H,22,29)(H,23,28). The van der Waals surface area contributed by atoms with Crippen LogP contribution in [0.4, 0.5) is 11.4 Å². The number of benzene rings is 2. The van der Waals surface area contributed by atoms with Crippen LogP contribution >= 0.6 is 11.8 Å². The van der Waals surface area contributed by atoms with Crippen LogP contribution in [0.25, 0.3) is 0 Å². The molecule has 0 saturated heterocycles. The number of anilines is 2. The van der Waals surface area contributed by atoms with Gasteiger partial charge in [-0.05, 0) is 66.6 Å². The predicted octanol–water partition coefficient (Wildman–Crippen LogP) is 3.39. The molecular formula is C21H22N6O3S. The summed E-state index contributed by atoms with van der Waals surface area (Å²) in [6.07, 6.45) is 2.11. The third-order valence-corrected chi connectivity index (χ3v) is 5.49. The molecule has 0 spiro atoms. The molecule has 31 heavy (non-hydrogen) atoms. The Bertz CT molecular complexity index is 1060. The quantitative estimate of drug-likeness (QED) is 0.493. The molecule has 0 atom stereocenters. The van der Waals surface area contributed by atoms with E-state index >= 15 is 0 Å². The number of carbonyl (C=O) groups is 2. The molecule has 0 radical (unpaired) electrons. The molecule has 2 aromatic carbocycles. The number of carbonyl (C=O) groups excluding carboxylic acids is 2. The molecule has 2 N–H and O–H groups in total. The summed E-state index contributed by atoms with van der Waals surface area (Å²) in [5.41, 5.74) is 1.45. The Kier molecular flexibility index (Phi) is 6.46. The van der Waals surface area contributed by atoms with Crippen molar-refractivity contribution in [3.63, 3.8) is 0 Å². The van der Waals surface area contributed by atoms with Gasteiger partial charge in [0.2, 0.25) is 11.1 Å². The summed E-state index contributed by atoms with van der Waals surface area (Å²) in [5, 5.41) is 17.9. The van der Waals surface area contributed by atoms with Gasteiger partial charge in [-0.3, -0.25) is 9.59 Å². The van der Waals surface area contributed by atoms with Gasteiger partial charge in [0.05, 0.1) is 29.7 Å². The Hall–Kier alpha value is -3.40. The average Bonchev–Trinajstić information content (AvgIpc) is 3.51. The second kappa shape index (κ2) is 9.61. The minimum Gasteiger partial charge on any atom is -0.494 e. The first-order valence-electron chi connectivity index (χ1n) is 9.98. The lowest BCUT2D eigenvalue weighted by Crippen LogP contribution is -2.19. The van der Waals surface area contributed by atoms with E-state index in [4.69, 9.17) is 4.74 Å². The smallest absolute Gasteiger partial charge is 0.257 e. The van der Waals surface area contributed by atoms with Crippen LogP contribution in [-0.2, 0) is 4.79 Å². The SMILES string of the molecule is CCOc1ccc(NC(=O)c2ccccc2NC(=O)CSc2nnnn2C2CC2)cc1. The lowest BCUT2D eigenvalue weighted by molar-refractivity contribution is -0.113. The summed E-state index contributed by atoms with van der Waals surface area (Å²) in [4.78, 5) is 25.3. The summed E-state index contributed by atoms with van der Waals surface area (Å²) in [5.74, 6) is 0.322. The zero-order valence-corrected chi connectivity index (χ0v) is 17.8. The topological polar surface area (TPSA) is 111 Å². The first kappa shape index (κ1) is 20.9. The molecule has 0 aliphatic heterocycles. The van der Waals surface area contributed by atoms with Crippen molar-refractivity contribution in [1.29, 1.82) is 0 Å². The molecule has 2 amide bonds. The molecule has 1 aliphatic carbocycles. The summed E-state index contributed by atoms with van der Waals surface area (Å²) < 4.78 is 7.17. The highest BCUT2D eigenvalue weighted by Gasteiger charge is 2.28. The van der Waals surface area contributed by atoms with E-state index in [9.17, 15) is 9.59 Å². The van der Waals surface area contributed by atoms with Gasteiger partial charge < -0.3 is 15.4 Å². The van der Waals surface area contributed by atoms with Crippen LogP contribution in [0.2, 0.25) is 0 Å².